The monoisotopic (exact) mass is 933 g/mol. The fourth-order valence-electron chi connectivity index (χ4n) is 7.57. The Morgan fingerprint density at radius 3 is 0.910 bits per heavy atom. The van der Waals surface area contributed by atoms with E-state index in [0.29, 0.717) is 19.3 Å². The predicted octanol–water partition coefficient (Wildman–Crippen LogP) is 18.8. The molecule has 0 saturated carbocycles. The predicted molar refractivity (Wildman–Crippen MR) is 288 cm³/mol. The fraction of sp³-hybridized carbons (Fsp3) is 0.721. The van der Waals surface area contributed by atoms with Gasteiger partial charge in [0.2, 0.25) is 0 Å². The SMILES string of the molecule is CCCCC/C=C\C/C=C\C/C=C\CCCCCCC(=O)O[C@H](COC(=O)CCCC/C=C\C/C=C\C/C=C\CCCCC)COC(=O)CCCCCCCCC/C=C\CCCCCCCC. The first-order chi connectivity index (χ1) is 33.0. The maximum Gasteiger partial charge on any atom is 0.306 e. The van der Waals surface area contributed by atoms with Crippen molar-refractivity contribution < 1.29 is 28.6 Å². The van der Waals surface area contributed by atoms with Gasteiger partial charge in [0.1, 0.15) is 13.2 Å². The van der Waals surface area contributed by atoms with Gasteiger partial charge in [-0.1, -0.05) is 209 Å². The average molecular weight is 933 g/mol. The molecule has 0 aromatic carbocycles. The number of carbonyl (C=O) groups excluding carboxylic acids is 3. The summed E-state index contributed by atoms with van der Waals surface area (Å²) in [5.41, 5.74) is 0. The molecule has 0 aromatic heterocycles. The van der Waals surface area contributed by atoms with Crippen molar-refractivity contribution in [1.29, 1.82) is 0 Å². The van der Waals surface area contributed by atoms with Gasteiger partial charge in [-0.3, -0.25) is 14.4 Å². The number of esters is 3. The lowest BCUT2D eigenvalue weighted by Gasteiger charge is -2.18. The van der Waals surface area contributed by atoms with Crippen molar-refractivity contribution in [3.8, 4) is 0 Å². The molecule has 0 fully saturated rings. The topological polar surface area (TPSA) is 78.9 Å². The summed E-state index contributed by atoms with van der Waals surface area (Å²) in [5.74, 6) is -0.963. The van der Waals surface area contributed by atoms with E-state index < -0.39 is 6.10 Å². The van der Waals surface area contributed by atoms with Gasteiger partial charge in [-0.25, -0.2) is 0 Å². The summed E-state index contributed by atoms with van der Waals surface area (Å²) in [6.07, 6.45) is 71.4. The Balaban J connectivity index is 4.49. The average Bonchev–Trinajstić information content (AvgIpc) is 3.33. The van der Waals surface area contributed by atoms with Crippen LogP contribution in [0.15, 0.2) is 85.1 Å². The van der Waals surface area contributed by atoms with Gasteiger partial charge >= 0.3 is 17.9 Å². The summed E-state index contributed by atoms with van der Waals surface area (Å²) in [7, 11) is 0. The first-order valence-electron chi connectivity index (χ1n) is 28.1. The Morgan fingerprint density at radius 2 is 0.537 bits per heavy atom. The molecule has 6 nitrogen and oxygen atoms in total. The molecule has 0 aromatic rings. The molecule has 0 bridgehead atoms. The van der Waals surface area contributed by atoms with Gasteiger partial charge in [-0.05, 0) is 122 Å². The first-order valence-corrected chi connectivity index (χ1v) is 28.1. The maximum atomic E-state index is 12.8. The number of ether oxygens (including phenoxy) is 3. The molecule has 0 saturated heterocycles. The quantitative estimate of drug-likeness (QED) is 0.0262. The second-order valence-corrected chi connectivity index (χ2v) is 18.5. The second-order valence-electron chi connectivity index (χ2n) is 18.5. The second kappa shape index (κ2) is 55.2. The Labute approximate surface area is 414 Å². The minimum atomic E-state index is -0.806. The fourth-order valence-corrected chi connectivity index (χ4v) is 7.57. The van der Waals surface area contributed by atoms with Crippen LogP contribution >= 0.6 is 0 Å². The number of rotatable bonds is 50. The van der Waals surface area contributed by atoms with Crippen LogP contribution in [-0.4, -0.2) is 37.2 Å². The lowest BCUT2D eigenvalue weighted by Crippen LogP contribution is -2.30. The molecular formula is C61H104O6. The van der Waals surface area contributed by atoms with E-state index in [1.807, 2.05) is 0 Å². The van der Waals surface area contributed by atoms with Crippen molar-refractivity contribution in [2.75, 3.05) is 13.2 Å². The first kappa shape index (κ1) is 63.6. The van der Waals surface area contributed by atoms with Crippen molar-refractivity contribution >= 4 is 17.9 Å². The highest BCUT2D eigenvalue weighted by molar-refractivity contribution is 5.71. The van der Waals surface area contributed by atoms with Gasteiger partial charge < -0.3 is 14.2 Å². The standard InChI is InChI=1S/C61H104O6/c1-4-7-10-13-16-19-22-25-28-30-33-36-39-42-45-48-51-54-60(63)66-57-58(56-65-59(62)53-50-47-44-41-38-35-32-27-24-21-18-15-12-9-6-3)67-61(64)55-52-49-46-43-40-37-34-31-29-26-23-20-17-14-11-8-5-2/h17-18,20-21,25-29,32,34,37-38,41,58H,4-16,19,22-24,30-31,33,35-36,39-40,42-57H2,1-3H3/b20-17-,21-18-,28-25-,29-26-,32-27-,37-34-,41-38-/t58-/m1/s1. The van der Waals surface area contributed by atoms with E-state index in [4.69, 9.17) is 14.2 Å². The highest BCUT2D eigenvalue weighted by Crippen LogP contribution is 2.14. The highest BCUT2D eigenvalue weighted by Gasteiger charge is 2.19. The molecule has 0 aliphatic heterocycles. The van der Waals surface area contributed by atoms with E-state index in [-0.39, 0.29) is 31.1 Å². The van der Waals surface area contributed by atoms with Gasteiger partial charge in [0, 0.05) is 19.3 Å². The summed E-state index contributed by atoms with van der Waals surface area (Å²) in [4.78, 5) is 38.1. The molecule has 0 aliphatic carbocycles. The van der Waals surface area contributed by atoms with Crippen LogP contribution in [0.5, 0.6) is 0 Å². The van der Waals surface area contributed by atoms with Crippen molar-refractivity contribution in [2.24, 2.45) is 0 Å². The third-order valence-corrected chi connectivity index (χ3v) is 11.8. The van der Waals surface area contributed by atoms with Gasteiger partial charge in [0.05, 0.1) is 0 Å². The van der Waals surface area contributed by atoms with Gasteiger partial charge in [0.15, 0.2) is 6.10 Å². The number of hydrogen-bond donors (Lipinski definition) is 0. The zero-order valence-electron chi connectivity index (χ0n) is 43.9. The third kappa shape index (κ3) is 53.4. The van der Waals surface area contributed by atoms with E-state index >= 15 is 0 Å². The molecule has 0 heterocycles. The van der Waals surface area contributed by atoms with E-state index in [2.05, 4.69) is 106 Å². The Hall–Kier alpha value is -3.41. The van der Waals surface area contributed by atoms with Crippen LogP contribution in [0.1, 0.15) is 265 Å². The number of hydrogen-bond acceptors (Lipinski definition) is 6. The lowest BCUT2D eigenvalue weighted by atomic mass is 10.1. The minimum absolute atomic E-state index is 0.100. The van der Waals surface area contributed by atoms with Crippen LogP contribution in [0.2, 0.25) is 0 Å². The number of unbranched alkanes of at least 4 members (excludes halogenated alkanes) is 25. The Morgan fingerprint density at radius 1 is 0.299 bits per heavy atom. The van der Waals surface area contributed by atoms with Crippen molar-refractivity contribution in [2.45, 2.75) is 271 Å². The molecule has 384 valence electrons. The molecule has 0 amide bonds. The molecule has 0 radical (unpaired) electrons. The summed E-state index contributed by atoms with van der Waals surface area (Å²) in [6, 6.07) is 0. The summed E-state index contributed by atoms with van der Waals surface area (Å²) < 4.78 is 16.8. The van der Waals surface area contributed by atoms with Crippen molar-refractivity contribution in [1.82, 2.24) is 0 Å². The van der Waals surface area contributed by atoms with Crippen LogP contribution in [-0.2, 0) is 28.6 Å². The van der Waals surface area contributed by atoms with E-state index in [1.54, 1.807) is 0 Å². The summed E-state index contributed by atoms with van der Waals surface area (Å²) in [6.45, 7) is 6.53. The highest BCUT2D eigenvalue weighted by atomic mass is 16.6. The zero-order valence-corrected chi connectivity index (χ0v) is 43.9. The Bertz CT molecular complexity index is 1300. The van der Waals surface area contributed by atoms with Crippen LogP contribution in [0.4, 0.5) is 0 Å². The van der Waals surface area contributed by atoms with Crippen LogP contribution in [0.25, 0.3) is 0 Å². The molecular weight excluding hydrogens is 829 g/mol. The largest absolute Gasteiger partial charge is 0.462 e. The molecule has 0 rings (SSSR count). The third-order valence-electron chi connectivity index (χ3n) is 11.8. The van der Waals surface area contributed by atoms with Gasteiger partial charge in [-0.2, -0.15) is 0 Å². The molecule has 0 N–H and O–H groups in total. The molecule has 0 unspecified atom stereocenters. The van der Waals surface area contributed by atoms with Crippen LogP contribution in [0, 0.1) is 0 Å². The number of allylic oxidation sites excluding steroid dienone is 14. The Kier molecular flexibility index (Phi) is 52.4. The molecule has 0 spiro atoms. The number of carbonyl (C=O) groups is 3. The molecule has 1 atom stereocenters. The normalized spacial score (nSPS) is 12.7. The van der Waals surface area contributed by atoms with E-state index in [0.717, 1.165) is 96.3 Å². The smallest absolute Gasteiger partial charge is 0.306 e. The molecule has 67 heavy (non-hydrogen) atoms. The van der Waals surface area contributed by atoms with Crippen LogP contribution in [0.3, 0.4) is 0 Å². The summed E-state index contributed by atoms with van der Waals surface area (Å²) >= 11 is 0. The van der Waals surface area contributed by atoms with Gasteiger partial charge in [-0.15, -0.1) is 0 Å². The van der Waals surface area contributed by atoms with E-state index in [9.17, 15) is 14.4 Å². The zero-order chi connectivity index (χ0) is 48.6. The summed E-state index contributed by atoms with van der Waals surface area (Å²) in [5, 5.41) is 0. The van der Waals surface area contributed by atoms with Crippen molar-refractivity contribution in [3.63, 3.8) is 0 Å². The van der Waals surface area contributed by atoms with Crippen molar-refractivity contribution in [3.05, 3.63) is 85.1 Å². The maximum absolute atomic E-state index is 12.8. The van der Waals surface area contributed by atoms with E-state index in [1.165, 1.54) is 128 Å². The lowest BCUT2D eigenvalue weighted by molar-refractivity contribution is -0.167. The van der Waals surface area contributed by atoms with Crippen LogP contribution < -0.4 is 0 Å². The molecule has 0 aliphatic rings. The van der Waals surface area contributed by atoms with Gasteiger partial charge in [0.25, 0.3) is 0 Å². The molecule has 6 heteroatoms. The minimum Gasteiger partial charge on any atom is -0.462 e.